The van der Waals surface area contributed by atoms with Crippen molar-refractivity contribution in [1.82, 2.24) is 24.8 Å². The number of amides is 1. The topological polar surface area (TPSA) is 93.1 Å². The van der Waals surface area contributed by atoms with Crippen molar-refractivity contribution in [3.05, 3.63) is 59.2 Å². The first-order valence-corrected chi connectivity index (χ1v) is 12.1. The molecule has 0 bridgehead atoms. The smallest absolute Gasteiger partial charge is 0.418 e. The number of aryl methyl sites for hydroxylation is 2. The molecule has 3 aromatic heterocycles. The largest absolute Gasteiger partial charge is 0.481 e. The molecular weight excluding hydrogens is 485 g/mol. The quantitative estimate of drug-likeness (QED) is 0.554. The zero-order valence-electron chi connectivity index (χ0n) is 20.8. The first-order valence-electron chi connectivity index (χ1n) is 12.1. The van der Waals surface area contributed by atoms with Crippen LogP contribution in [0.2, 0.25) is 0 Å². The lowest BCUT2D eigenvalue weighted by molar-refractivity contribution is -0.139. The number of likely N-dealkylation sites (tertiary alicyclic amines) is 1. The van der Waals surface area contributed by atoms with E-state index in [9.17, 15) is 18.0 Å². The first kappa shape index (κ1) is 24.9. The van der Waals surface area contributed by atoms with Crippen molar-refractivity contribution in [2.24, 2.45) is 0 Å². The van der Waals surface area contributed by atoms with E-state index in [1.165, 1.54) is 20.1 Å². The SMILES string of the molecule is COc1cc([C@@H](C)C(=O)N2CC[C@@]3(CCc4cc(-c5ncccn5)c(C)nc4N3)C2)c(C(F)(F)F)cn1. The number of fused-ring (bicyclic) bond motifs is 1. The molecule has 5 heterocycles. The third-order valence-corrected chi connectivity index (χ3v) is 7.28. The van der Waals surface area contributed by atoms with Crippen molar-refractivity contribution in [3.8, 4) is 17.3 Å². The van der Waals surface area contributed by atoms with Gasteiger partial charge in [-0.05, 0) is 56.4 Å². The molecule has 3 aromatic rings. The van der Waals surface area contributed by atoms with Crippen molar-refractivity contribution in [2.45, 2.75) is 50.7 Å². The lowest BCUT2D eigenvalue weighted by Gasteiger charge is -2.36. The predicted molar refractivity (Wildman–Crippen MR) is 130 cm³/mol. The summed E-state index contributed by atoms with van der Waals surface area (Å²) in [6.07, 6.45) is 1.70. The molecule has 0 saturated carbocycles. The third-order valence-electron chi connectivity index (χ3n) is 7.28. The monoisotopic (exact) mass is 512 g/mol. The highest BCUT2D eigenvalue weighted by Gasteiger charge is 2.44. The van der Waals surface area contributed by atoms with Gasteiger partial charge in [-0.15, -0.1) is 0 Å². The standard InChI is InChI=1S/C26H27F3N6O2/c1-15(18-12-21(37-3)32-13-20(18)26(27,28)29)24(36)35-10-7-25(14-35)6-5-17-11-19(16(2)33-22(17)34-25)23-30-8-4-9-31-23/h4,8-9,11-13,15H,5-7,10,14H2,1-3H3,(H,33,34)/t15-,25+/m1/s1. The summed E-state index contributed by atoms with van der Waals surface area (Å²) in [7, 11) is 1.33. The molecular formula is C26H27F3N6O2. The number of hydrogen-bond donors (Lipinski definition) is 1. The molecule has 1 N–H and O–H groups in total. The maximum absolute atomic E-state index is 13.7. The zero-order valence-corrected chi connectivity index (χ0v) is 20.8. The van der Waals surface area contributed by atoms with Crippen LogP contribution in [0, 0.1) is 6.92 Å². The van der Waals surface area contributed by atoms with E-state index in [1.807, 2.05) is 6.92 Å². The summed E-state index contributed by atoms with van der Waals surface area (Å²) >= 11 is 0. The van der Waals surface area contributed by atoms with Gasteiger partial charge >= 0.3 is 6.18 Å². The molecule has 37 heavy (non-hydrogen) atoms. The van der Waals surface area contributed by atoms with Crippen LogP contribution in [0.15, 0.2) is 36.8 Å². The van der Waals surface area contributed by atoms with E-state index in [-0.39, 0.29) is 22.9 Å². The molecule has 0 unspecified atom stereocenters. The Labute approximate surface area is 212 Å². The highest BCUT2D eigenvalue weighted by molar-refractivity contribution is 5.84. The normalized spacial score (nSPS) is 19.9. The van der Waals surface area contributed by atoms with Crippen LogP contribution < -0.4 is 10.1 Å². The summed E-state index contributed by atoms with van der Waals surface area (Å²) < 4.78 is 46.0. The summed E-state index contributed by atoms with van der Waals surface area (Å²) in [4.78, 5) is 32.2. The number of carbonyl (C=O) groups excluding carboxylic acids is 1. The molecule has 5 rings (SSSR count). The highest BCUT2D eigenvalue weighted by atomic mass is 19.4. The molecule has 194 valence electrons. The van der Waals surface area contributed by atoms with E-state index in [2.05, 4.69) is 26.3 Å². The first-order chi connectivity index (χ1) is 17.6. The Kier molecular flexibility index (Phi) is 6.25. The van der Waals surface area contributed by atoms with E-state index in [0.717, 1.165) is 41.7 Å². The number of ether oxygens (including phenoxy) is 1. The number of methoxy groups -OCH3 is 1. The minimum Gasteiger partial charge on any atom is -0.481 e. The maximum Gasteiger partial charge on any atom is 0.418 e. The van der Waals surface area contributed by atoms with Crippen LogP contribution in [0.3, 0.4) is 0 Å². The Balaban J connectivity index is 1.35. The molecule has 2 aliphatic rings. The average molecular weight is 513 g/mol. The van der Waals surface area contributed by atoms with Gasteiger partial charge in [0.2, 0.25) is 11.8 Å². The lowest BCUT2D eigenvalue weighted by Crippen LogP contribution is -2.46. The molecule has 1 fully saturated rings. The van der Waals surface area contributed by atoms with Crippen LogP contribution in [0.5, 0.6) is 5.88 Å². The van der Waals surface area contributed by atoms with Gasteiger partial charge in [-0.25, -0.2) is 19.9 Å². The van der Waals surface area contributed by atoms with E-state index in [4.69, 9.17) is 9.72 Å². The number of halogens is 3. The summed E-state index contributed by atoms with van der Waals surface area (Å²) in [5.74, 6) is 0.0577. The van der Waals surface area contributed by atoms with E-state index >= 15 is 0 Å². The number of nitrogens with one attached hydrogen (secondary N) is 1. The van der Waals surface area contributed by atoms with E-state index < -0.39 is 17.7 Å². The Morgan fingerprint density at radius 2 is 1.95 bits per heavy atom. The van der Waals surface area contributed by atoms with Crippen LogP contribution in [0.25, 0.3) is 11.4 Å². The van der Waals surface area contributed by atoms with Gasteiger partial charge in [0.25, 0.3) is 0 Å². The number of nitrogens with zero attached hydrogens (tertiary/aromatic N) is 5. The van der Waals surface area contributed by atoms with E-state index in [1.54, 1.807) is 23.4 Å². The third kappa shape index (κ3) is 4.70. The minimum atomic E-state index is -4.63. The Morgan fingerprint density at radius 3 is 2.65 bits per heavy atom. The van der Waals surface area contributed by atoms with Crippen LogP contribution in [0.1, 0.15) is 48.1 Å². The van der Waals surface area contributed by atoms with Crippen molar-refractivity contribution >= 4 is 11.7 Å². The number of rotatable bonds is 4. The summed E-state index contributed by atoms with van der Waals surface area (Å²) in [5, 5.41) is 3.55. The number of aromatic nitrogens is 4. The summed E-state index contributed by atoms with van der Waals surface area (Å²) in [6.45, 7) is 4.24. The van der Waals surface area contributed by atoms with Gasteiger partial charge in [0, 0.05) is 43.3 Å². The van der Waals surface area contributed by atoms with Gasteiger partial charge in [-0.2, -0.15) is 13.2 Å². The maximum atomic E-state index is 13.7. The molecule has 0 radical (unpaired) electrons. The summed E-state index contributed by atoms with van der Waals surface area (Å²) in [6, 6.07) is 5.02. The Bertz CT molecular complexity index is 1330. The number of carbonyl (C=O) groups is 1. The molecule has 11 heteroatoms. The van der Waals surface area contributed by atoms with Crippen LogP contribution in [-0.2, 0) is 17.4 Å². The fourth-order valence-corrected chi connectivity index (χ4v) is 5.23. The van der Waals surface area contributed by atoms with Gasteiger partial charge in [-0.3, -0.25) is 4.79 Å². The lowest BCUT2D eigenvalue weighted by atomic mass is 9.86. The minimum absolute atomic E-state index is 0.0350. The molecule has 0 aromatic carbocycles. The number of anilines is 1. The second-order valence-electron chi connectivity index (χ2n) is 9.65. The fraction of sp³-hybridized carbons (Fsp3) is 0.423. The van der Waals surface area contributed by atoms with Gasteiger partial charge in [0.15, 0.2) is 5.82 Å². The Hall–Kier alpha value is -3.76. The second kappa shape index (κ2) is 9.28. The highest BCUT2D eigenvalue weighted by Crippen LogP contribution is 2.40. The Morgan fingerprint density at radius 1 is 1.19 bits per heavy atom. The summed E-state index contributed by atoms with van der Waals surface area (Å²) in [5.41, 5.74) is 1.28. The van der Waals surface area contributed by atoms with Crippen molar-refractivity contribution in [2.75, 3.05) is 25.5 Å². The second-order valence-corrected chi connectivity index (χ2v) is 9.65. The van der Waals surface area contributed by atoms with Crippen LogP contribution >= 0.6 is 0 Å². The zero-order chi connectivity index (χ0) is 26.4. The predicted octanol–water partition coefficient (Wildman–Crippen LogP) is 4.40. The van der Waals surface area contributed by atoms with E-state index in [0.29, 0.717) is 25.3 Å². The molecule has 1 amide bonds. The van der Waals surface area contributed by atoms with Gasteiger partial charge in [0.05, 0.1) is 29.8 Å². The van der Waals surface area contributed by atoms with Gasteiger partial charge in [0.1, 0.15) is 5.82 Å². The van der Waals surface area contributed by atoms with Crippen molar-refractivity contribution < 1.29 is 22.7 Å². The number of hydrogen-bond acceptors (Lipinski definition) is 7. The number of alkyl halides is 3. The van der Waals surface area contributed by atoms with Gasteiger partial charge in [-0.1, -0.05) is 0 Å². The molecule has 2 atom stereocenters. The molecule has 1 saturated heterocycles. The molecule has 0 aliphatic carbocycles. The van der Waals surface area contributed by atoms with Crippen LogP contribution in [-0.4, -0.2) is 56.5 Å². The molecule has 1 spiro atoms. The fourth-order valence-electron chi connectivity index (χ4n) is 5.23. The van der Waals surface area contributed by atoms with Crippen molar-refractivity contribution in [1.29, 1.82) is 0 Å². The number of pyridine rings is 2. The molecule has 8 nitrogen and oxygen atoms in total. The molecule has 2 aliphatic heterocycles. The van der Waals surface area contributed by atoms with Crippen LogP contribution in [0.4, 0.5) is 19.0 Å². The van der Waals surface area contributed by atoms with Gasteiger partial charge < -0.3 is 15.0 Å². The average Bonchev–Trinajstić information content (AvgIpc) is 3.30. The van der Waals surface area contributed by atoms with Crippen molar-refractivity contribution in [3.63, 3.8) is 0 Å².